The van der Waals surface area contributed by atoms with Crippen molar-refractivity contribution in [3.63, 3.8) is 0 Å². The molecule has 0 saturated carbocycles. The Hall–Kier alpha value is -3.88. The Bertz CT molecular complexity index is 1490. The largest absolute Gasteiger partial charge is 0.301 e. The number of anilines is 3. The SMILES string of the molecule is CN1C(=O)C(=Cc2ccc(N(c3ccccc3)c3ccc(F)c4ccccc34)s2)C(=O)N(C)C1=S. The van der Waals surface area contributed by atoms with E-state index in [1.807, 2.05) is 65.6 Å². The Morgan fingerprint density at radius 1 is 0.829 bits per heavy atom. The van der Waals surface area contributed by atoms with Crippen molar-refractivity contribution in [2.24, 2.45) is 0 Å². The van der Waals surface area contributed by atoms with Crippen LogP contribution in [0.3, 0.4) is 0 Å². The van der Waals surface area contributed by atoms with Gasteiger partial charge in [-0.05, 0) is 54.7 Å². The van der Waals surface area contributed by atoms with Gasteiger partial charge in [0.1, 0.15) is 16.4 Å². The maximum absolute atomic E-state index is 14.6. The van der Waals surface area contributed by atoms with E-state index < -0.39 is 11.8 Å². The number of benzene rings is 3. The summed E-state index contributed by atoms with van der Waals surface area (Å²) in [4.78, 5) is 30.8. The van der Waals surface area contributed by atoms with Crippen molar-refractivity contribution in [3.05, 3.63) is 95.1 Å². The van der Waals surface area contributed by atoms with Crippen LogP contribution in [0.5, 0.6) is 0 Å². The lowest BCUT2D eigenvalue weighted by Gasteiger charge is -2.31. The summed E-state index contributed by atoms with van der Waals surface area (Å²) in [7, 11) is 3.11. The Kier molecular flexibility index (Phi) is 5.92. The average molecular weight is 502 g/mol. The second kappa shape index (κ2) is 9.05. The van der Waals surface area contributed by atoms with Crippen LogP contribution in [0.4, 0.5) is 20.8 Å². The molecule has 4 aromatic rings. The second-order valence-electron chi connectivity index (χ2n) is 8.03. The van der Waals surface area contributed by atoms with Gasteiger partial charge in [-0.25, -0.2) is 4.39 Å². The topological polar surface area (TPSA) is 43.9 Å². The van der Waals surface area contributed by atoms with Gasteiger partial charge in [0.15, 0.2) is 5.11 Å². The number of fused-ring (bicyclic) bond motifs is 1. The zero-order valence-electron chi connectivity index (χ0n) is 18.9. The van der Waals surface area contributed by atoms with Gasteiger partial charge >= 0.3 is 0 Å². The van der Waals surface area contributed by atoms with Gasteiger partial charge in [-0.15, -0.1) is 11.3 Å². The molecule has 0 N–H and O–H groups in total. The van der Waals surface area contributed by atoms with Gasteiger partial charge in [0.25, 0.3) is 11.8 Å². The summed E-state index contributed by atoms with van der Waals surface area (Å²) in [6.45, 7) is 0. The lowest BCUT2D eigenvalue weighted by Crippen LogP contribution is -2.52. The Balaban J connectivity index is 1.63. The van der Waals surface area contributed by atoms with Gasteiger partial charge in [-0.3, -0.25) is 19.4 Å². The number of likely N-dealkylation sites (N-methyl/N-ethyl adjacent to an activating group) is 2. The minimum Gasteiger partial charge on any atom is -0.301 e. The normalized spacial score (nSPS) is 14.1. The van der Waals surface area contributed by atoms with Crippen LogP contribution in [-0.2, 0) is 9.59 Å². The molecule has 0 atom stereocenters. The number of hydrogen-bond donors (Lipinski definition) is 0. The highest BCUT2D eigenvalue weighted by Gasteiger charge is 2.35. The fourth-order valence-electron chi connectivity index (χ4n) is 4.06. The van der Waals surface area contributed by atoms with Crippen molar-refractivity contribution in [3.8, 4) is 0 Å². The molecule has 5 nitrogen and oxygen atoms in total. The van der Waals surface area contributed by atoms with Gasteiger partial charge in [0.2, 0.25) is 0 Å². The van der Waals surface area contributed by atoms with Crippen LogP contribution in [-0.4, -0.2) is 40.8 Å². The first kappa shape index (κ1) is 22.9. The molecular formula is C27H20FN3O2S2. The molecule has 8 heteroatoms. The Morgan fingerprint density at radius 3 is 2.14 bits per heavy atom. The van der Waals surface area contributed by atoms with Crippen LogP contribution in [0.1, 0.15) is 4.88 Å². The minimum absolute atomic E-state index is 0.0514. The van der Waals surface area contributed by atoms with Gasteiger partial charge in [0.05, 0.1) is 5.69 Å². The van der Waals surface area contributed by atoms with Crippen LogP contribution in [0.15, 0.2) is 84.4 Å². The van der Waals surface area contributed by atoms with Crippen molar-refractivity contribution in [1.29, 1.82) is 0 Å². The zero-order valence-corrected chi connectivity index (χ0v) is 20.6. The van der Waals surface area contributed by atoms with Crippen LogP contribution >= 0.6 is 23.6 Å². The van der Waals surface area contributed by atoms with E-state index in [-0.39, 0.29) is 16.5 Å². The standard InChI is InChI=1S/C27H20FN3O2S2/c1-29-25(32)21(26(33)30(2)27(29)34)16-18-12-15-24(35-18)31(17-8-4-3-5-9-17)23-14-13-22(28)19-10-6-7-11-20(19)23/h3-16H,1-2H3. The third kappa shape index (κ3) is 4.00. The first-order valence-electron chi connectivity index (χ1n) is 10.8. The maximum atomic E-state index is 14.6. The molecule has 1 aliphatic rings. The highest BCUT2D eigenvalue weighted by atomic mass is 32.1. The molecule has 2 amide bonds. The molecule has 174 valence electrons. The fourth-order valence-corrected chi connectivity index (χ4v) is 5.21. The summed E-state index contributed by atoms with van der Waals surface area (Å²) in [5.74, 6) is -1.15. The van der Waals surface area contributed by atoms with E-state index in [0.29, 0.717) is 5.39 Å². The molecule has 0 aliphatic carbocycles. The number of nitrogens with zero attached hydrogens (tertiary/aromatic N) is 3. The molecule has 0 radical (unpaired) electrons. The van der Waals surface area contributed by atoms with Gasteiger partial charge < -0.3 is 4.90 Å². The average Bonchev–Trinajstić information content (AvgIpc) is 3.34. The summed E-state index contributed by atoms with van der Waals surface area (Å²) in [5.41, 5.74) is 1.78. The minimum atomic E-state index is -0.433. The number of halogens is 1. The highest BCUT2D eigenvalue weighted by molar-refractivity contribution is 7.80. The van der Waals surface area contributed by atoms with Crippen LogP contribution in [0.2, 0.25) is 0 Å². The summed E-state index contributed by atoms with van der Waals surface area (Å²) in [6.07, 6.45) is 1.60. The molecule has 3 aromatic carbocycles. The molecule has 0 unspecified atom stereocenters. The van der Waals surface area contributed by atoms with Crippen molar-refractivity contribution >= 4 is 73.7 Å². The van der Waals surface area contributed by atoms with E-state index in [1.54, 1.807) is 32.3 Å². The van der Waals surface area contributed by atoms with Crippen LogP contribution in [0, 0.1) is 5.82 Å². The quantitative estimate of drug-likeness (QED) is 0.192. The number of thiophene rings is 1. The molecule has 1 aromatic heterocycles. The van der Waals surface area contributed by atoms with E-state index in [9.17, 15) is 14.0 Å². The van der Waals surface area contributed by atoms with E-state index in [2.05, 4.69) is 0 Å². The number of amides is 2. The van der Waals surface area contributed by atoms with E-state index in [0.717, 1.165) is 26.6 Å². The summed E-state index contributed by atoms with van der Waals surface area (Å²) < 4.78 is 14.6. The van der Waals surface area contributed by atoms with Crippen LogP contribution in [0.25, 0.3) is 16.8 Å². The van der Waals surface area contributed by atoms with E-state index >= 15 is 0 Å². The van der Waals surface area contributed by atoms with Gasteiger partial charge in [-0.2, -0.15) is 0 Å². The first-order chi connectivity index (χ1) is 16.9. The smallest absolute Gasteiger partial charge is 0.265 e. The predicted molar refractivity (Wildman–Crippen MR) is 143 cm³/mol. The number of thiocarbonyl (C=S) groups is 1. The zero-order chi connectivity index (χ0) is 24.7. The predicted octanol–water partition coefficient (Wildman–Crippen LogP) is 6.11. The maximum Gasteiger partial charge on any atom is 0.265 e. The van der Waals surface area contributed by atoms with Gasteiger partial charge in [0, 0.05) is 35.4 Å². The van der Waals surface area contributed by atoms with Crippen molar-refractivity contribution in [2.75, 3.05) is 19.0 Å². The molecule has 1 fully saturated rings. The lowest BCUT2D eigenvalue weighted by molar-refractivity contribution is -0.132. The van der Waals surface area contributed by atoms with E-state index in [1.165, 1.54) is 27.2 Å². The number of carbonyl (C=O) groups excluding carboxylic acids is 2. The first-order valence-corrected chi connectivity index (χ1v) is 12.0. The number of hydrogen-bond acceptors (Lipinski definition) is 5. The number of carbonyl (C=O) groups is 2. The fraction of sp³-hybridized carbons (Fsp3) is 0.0741. The summed E-state index contributed by atoms with van der Waals surface area (Å²) >= 11 is 6.60. The molecular weight excluding hydrogens is 481 g/mol. The second-order valence-corrected chi connectivity index (χ2v) is 9.49. The van der Waals surface area contributed by atoms with Crippen molar-refractivity contribution in [1.82, 2.24) is 9.80 Å². The Labute approximate surface area is 211 Å². The van der Waals surface area contributed by atoms with Crippen molar-refractivity contribution in [2.45, 2.75) is 0 Å². The van der Waals surface area contributed by atoms with Gasteiger partial charge in [-0.1, -0.05) is 42.5 Å². The van der Waals surface area contributed by atoms with E-state index in [4.69, 9.17) is 12.2 Å². The summed E-state index contributed by atoms with van der Waals surface area (Å²) in [6, 6.07) is 24.2. The van der Waals surface area contributed by atoms with Crippen molar-refractivity contribution < 1.29 is 14.0 Å². The molecule has 1 saturated heterocycles. The Morgan fingerprint density at radius 2 is 1.46 bits per heavy atom. The summed E-state index contributed by atoms with van der Waals surface area (Å²) in [5, 5.41) is 2.33. The third-order valence-electron chi connectivity index (χ3n) is 5.87. The van der Waals surface area contributed by atoms with Crippen LogP contribution < -0.4 is 4.90 Å². The molecule has 1 aliphatic heterocycles. The molecule has 35 heavy (non-hydrogen) atoms. The molecule has 0 bridgehead atoms. The number of para-hydroxylation sites is 1. The molecule has 0 spiro atoms. The lowest BCUT2D eigenvalue weighted by atomic mass is 10.1. The highest BCUT2D eigenvalue weighted by Crippen LogP contribution is 2.42. The molecule has 5 rings (SSSR count). The monoisotopic (exact) mass is 501 g/mol. The third-order valence-corrected chi connectivity index (χ3v) is 7.43. The number of rotatable bonds is 4. The molecule has 2 heterocycles.